The van der Waals surface area contributed by atoms with E-state index in [2.05, 4.69) is 19.2 Å². The summed E-state index contributed by atoms with van der Waals surface area (Å²) in [6.07, 6.45) is 10.3. The van der Waals surface area contributed by atoms with Crippen molar-refractivity contribution < 1.29 is 63.8 Å². The number of aliphatic hydroxyl groups is 1. The first-order valence-electron chi connectivity index (χ1n) is 23.9. The summed E-state index contributed by atoms with van der Waals surface area (Å²) in [4.78, 5) is 105. The third-order valence-corrected chi connectivity index (χ3v) is 13.6. The van der Waals surface area contributed by atoms with Crippen molar-refractivity contribution in [3.63, 3.8) is 0 Å². The number of carbonyl (C=O) groups excluding carboxylic acids is 3. The van der Waals surface area contributed by atoms with Crippen LogP contribution in [-0.4, -0.2) is 151 Å². The average molecular weight is 998 g/mol. The number of aliphatic imine (C=N–C) groups is 3. The summed E-state index contributed by atoms with van der Waals surface area (Å²) in [5, 5.41) is 53.0. The van der Waals surface area contributed by atoms with Crippen LogP contribution in [0.25, 0.3) is 0 Å². The zero-order valence-corrected chi connectivity index (χ0v) is 41.3. The van der Waals surface area contributed by atoms with Gasteiger partial charge in [-0.3, -0.25) is 33.6 Å². The lowest BCUT2D eigenvalue weighted by atomic mass is 9.86. The van der Waals surface area contributed by atoms with E-state index in [0.29, 0.717) is 62.5 Å². The molecular weight excluding hydrogens is 931 g/mol. The van der Waals surface area contributed by atoms with Gasteiger partial charge in [0.15, 0.2) is 0 Å². The number of unbranched alkanes of at least 4 members (excludes halogenated alkanes) is 3. The number of rotatable bonds is 23. The van der Waals surface area contributed by atoms with Crippen molar-refractivity contribution in [1.82, 2.24) is 20.0 Å². The van der Waals surface area contributed by atoms with Crippen molar-refractivity contribution in [1.29, 1.82) is 0 Å². The first-order valence-corrected chi connectivity index (χ1v) is 23.9. The number of nitrogens with zero attached hydrogens (tertiary/aromatic N) is 6. The van der Waals surface area contributed by atoms with E-state index in [1.807, 2.05) is 52.8 Å². The molecule has 72 heavy (non-hydrogen) atoms. The van der Waals surface area contributed by atoms with Crippen molar-refractivity contribution in [2.45, 2.75) is 113 Å². The quantitative estimate of drug-likeness (QED) is 0.0652. The summed E-state index contributed by atoms with van der Waals surface area (Å²) in [5.74, 6) is -10.00. The van der Waals surface area contributed by atoms with E-state index in [1.165, 1.54) is 0 Å². The van der Waals surface area contributed by atoms with E-state index in [-0.39, 0.29) is 44.5 Å². The molecule has 20 nitrogen and oxygen atoms in total. The molecule has 5 heterocycles. The Morgan fingerprint density at radius 2 is 1.28 bits per heavy atom. The van der Waals surface area contributed by atoms with E-state index < -0.39 is 86.8 Å². The normalized spacial score (nSPS) is 19.3. The summed E-state index contributed by atoms with van der Waals surface area (Å²) >= 11 is 0. The van der Waals surface area contributed by atoms with E-state index in [1.54, 1.807) is 0 Å². The van der Waals surface area contributed by atoms with Crippen LogP contribution in [0.1, 0.15) is 107 Å². The molecule has 1 fully saturated rings. The molecule has 6 rings (SSSR count). The van der Waals surface area contributed by atoms with Gasteiger partial charge >= 0.3 is 23.9 Å². The number of carbonyl (C=O) groups is 7. The molecule has 20 heteroatoms. The molecule has 5 aliphatic heterocycles. The third-order valence-electron chi connectivity index (χ3n) is 13.6. The number of aliphatic hydroxyl groups excluding tert-OH is 1. The summed E-state index contributed by atoms with van der Waals surface area (Å²) in [7, 11) is 0. The van der Waals surface area contributed by atoms with Gasteiger partial charge in [-0.2, -0.15) is 0 Å². The van der Waals surface area contributed by atoms with Gasteiger partial charge in [-0.1, -0.05) is 47.5 Å². The maximum absolute atomic E-state index is 14.4. The second-order valence-electron chi connectivity index (χ2n) is 18.5. The minimum atomic E-state index is -1.55. The second-order valence-corrected chi connectivity index (χ2v) is 18.5. The summed E-state index contributed by atoms with van der Waals surface area (Å²) in [6.45, 7) is 8.59. The molecule has 8 bridgehead atoms. The first-order chi connectivity index (χ1) is 33.6. The molecule has 1 unspecified atom stereocenters. The molecule has 1 aliphatic carbocycles. The van der Waals surface area contributed by atoms with Gasteiger partial charge < -0.3 is 50.3 Å². The van der Waals surface area contributed by atoms with Gasteiger partial charge in [-0.25, -0.2) is 15.0 Å². The molecule has 1 saturated heterocycles. The Morgan fingerprint density at radius 1 is 0.722 bits per heavy atom. The summed E-state index contributed by atoms with van der Waals surface area (Å²) in [6, 6.07) is 0. The fraction of sp³-hybridized carbons (Fsp3) is 0.500. The van der Waals surface area contributed by atoms with Crippen molar-refractivity contribution in [3.05, 3.63) is 91.5 Å². The van der Waals surface area contributed by atoms with E-state index in [9.17, 15) is 59.1 Å². The zero-order chi connectivity index (χ0) is 52.0. The molecule has 0 aromatic heterocycles. The Hall–Kier alpha value is -7.22. The zero-order valence-electron chi connectivity index (χ0n) is 41.3. The van der Waals surface area contributed by atoms with Crippen LogP contribution in [0.15, 0.2) is 106 Å². The highest BCUT2D eigenvalue weighted by molar-refractivity contribution is 6.21. The predicted molar refractivity (Wildman–Crippen MR) is 268 cm³/mol. The van der Waals surface area contributed by atoms with Crippen LogP contribution in [0.3, 0.4) is 0 Å². The highest BCUT2D eigenvalue weighted by atomic mass is 16.5. The lowest BCUT2D eigenvalue weighted by Crippen LogP contribution is -2.50. The maximum Gasteiger partial charge on any atom is 0.323 e. The third kappa shape index (κ3) is 12.4. The standard InChI is InChI=1S/C51H63N7O13.CH4/c1-8-10-11-12-15-71-30(7)48-28(5)36-17-35-27(4)32(13-14-41(60)56(20-42(61)57(22-44(63)64)23-45(65)66)21-43(62)58(24-46(67)68)25-47(69)70)50(54-35)33-16-40(59)49-29(6)37(55-51(33)49)18-38-31(9-2)26(3)34(52-38)19-39(48)53-36;/h17-19,27,30,32,54,59H,8-16,20-25H2,1-7H3,(H,63,64)(H,65,66)(H,67,68)(H,69,70);1H4/t27-,30?,32-;/m0./s1. The molecule has 6 aliphatic rings. The van der Waals surface area contributed by atoms with Crippen LogP contribution < -0.4 is 5.32 Å². The van der Waals surface area contributed by atoms with Crippen LogP contribution in [0.5, 0.6) is 0 Å². The summed E-state index contributed by atoms with van der Waals surface area (Å²) < 4.78 is 6.45. The SMILES string of the molecule is C.CCCCCCOC(C)C1=C(C)C2=NC1=CC1=NC(=CC3=C(C)C4=C(O)CC(=C5NC(=C2)[C@@H](C)[C@@H]5CCC(=O)N(CC(=O)N(CC(=O)O)CC(=O)O)CC(=O)N(CC(=O)O)CC(=O)O)C4=N3)C(CC)=C1C. The predicted octanol–water partition coefficient (Wildman–Crippen LogP) is 5.88. The molecule has 0 aromatic rings. The average Bonchev–Trinajstić information content (AvgIpc) is 4.05. The Morgan fingerprint density at radius 3 is 1.83 bits per heavy atom. The van der Waals surface area contributed by atoms with Crippen LogP contribution in [0, 0.1) is 11.8 Å². The lowest BCUT2D eigenvalue weighted by molar-refractivity contribution is -0.153. The molecule has 0 spiro atoms. The van der Waals surface area contributed by atoms with Crippen molar-refractivity contribution in [2.75, 3.05) is 45.9 Å². The first kappa shape index (κ1) is 55.7. The molecule has 3 atom stereocenters. The van der Waals surface area contributed by atoms with Gasteiger partial charge in [0.1, 0.15) is 45.0 Å². The Balaban J connectivity index is 0.00000963. The molecule has 6 N–H and O–H groups in total. The number of carboxylic acids is 4. The number of nitrogens with one attached hydrogen (secondary N) is 1. The van der Waals surface area contributed by atoms with Crippen molar-refractivity contribution in [2.24, 2.45) is 26.8 Å². The number of hydrogen-bond donors (Lipinski definition) is 6. The van der Waals surface area contributed by atoms with Crippen molar-refractivity contribution in [3.8, 4) is 0 Å². The molecular formula is C52H67N7O13. The monoisotopic (exact) mass is 997 g/mol. The minimum Gasteiger partial charge on any atom is -0.511 e. The minimum absolute atomic E-state index is 0. The van der Waals surface area contributed by atoms with E-state index >= 15 is 0 Å². The number of ether oxygens (including phenoxy) is 1. The highest BCUT2D eigenvalue weighted by Gasteiger charge is 2.42. The number of aliphatic carboxylic acids is 4. The molecule has 0 saturated carbocycles. The van der Waals surface area contributed by atoms with E-state index in [4.69, 9.17) is 19.7 Å². The van der Waals surface area contributed by atoms with Gasteiger partial charge in [-0.05, 0) is 87.5 Å². The van der Waals surface area contributed by atoms with Crippen LogP contribution in [0.4, 0.5) is 0 Å². The van der Waals surface area contributed by atoms with Crippen LogP contribution in [-0.2, 0) is 38.3 Å². The number of amides is 3. The topological polar surface area (TPSA) is 289 Å². The van der Waals surface area contributed by atoms with E-state index in [0.717, 1.165) is 75.6 Å². The molecule has 0 aromatic carbocycles. The Bertz CT molecular complexity index is 2590. The number of fused-ring (bicyclic) bond motifs is 5. The van der Waals surface area contributed by atoms with Gasteiger partial charge in [0, 0.05) is 59.4 Å². The Labute approximate surface area is 419 Å². The highest BCUT2D eigenvalue weighted by Crippen LogP contribution is 2.46. The fourth-order valence-electron chi connectivity index (χ4n) is 9.82. The summed E-state index contributed by atoms with van der Waals surface area (Å²) in [5.41, 5.74) is 11.4. The van der Waals surface area contributed by atoms with Gasteiger partial charge in [0.05, 0.1) is 40.3 Å². The number of carboxylic acid groups (broad SMARTS) is 4. The maximum atomic E-state index is 14.4. The van der Waals surface area contributed by atoms with Crippen LogP contribution >= 0.6 is 0 Å². The number of allylic oxidation sites excluding steroid dienone is 11. The van der Waals surface area contributed by atoms with Crippen molar-refractivity contribution >= 4 is 58.7 Å². The van der Waals surface area contributed by atoms with Gasteiger partial charge in [-0.15, -0.1) is 0 Å². The second kappa shape index (κ2) is 23.8. The molecule has 0 radical (unpaired) electrons. The van der Waals surface area contributed by atoms with Crippen LogP contribution in [0.2, 0.25) is 0 Å². The largest absolute Gasteiger partial charge is 0.511 e. The fourth-order valence-corrected chi connectivity index (χ4v) is 9.82. The Kier molecular flexibility index (Phi) is 18.4. The van der Waals surface area contributed by atoms with Gasteiger partial charge in [0.2, 0.25) is 17.7 Å². The smallest absolute Gasteiger partial charge is 0.323 e. The number of hydrogen-bond acceptors (Lipinski definition) is 13. The molecule has 3 amide bonds. The lowest BCUT2D eigenvalue weighted by Gasteiger charge is -2.28. The molecule has 388 valence electrons. The van der Waals surface area contributed by atoms with Gasteiger partial charge in [0.25, 0.3) is 0 Å².